The summed E-state index contributed by atoms with van der Waals surface area (Å²) >= 11 is 0. The molecule has 1 aliphatic heterocycles. The van der Waals surface area contributed by atoms with Gasteiger partial charge in [0.15, 0.2) is 11.5 Å². The number of anilines is 2. The molecular formula is C19H19N7O3. The Labute approximate surface area is 166 Å². The van der Waals surface area contributed by atoms with Gasteiger partial charge in [-0.2, -0.15) is 5.26 Å². The summed E-state index contributed by atoms with van der Waals surface area (Å²) in [4.78, 5) is 21.2. The minimum Gasteiger partial charge on any atom is -0.488 e. The Balaban J connectivity index is 1.58. The van der Waals surface area contributed by atoms with Crippen LogP contribution in [0.1, 0.15) is 28.8 Å². The molecule has 3 N–H and O–H groups in total. The van der Waals surface area contributed by atoms with E-state index in [4.69, 9.17) is 20.5 Å². The molecule has 0 saturated carbocycles. The fourth-order valence-electron chi connectivity index (χ4n) is 3.13. The Kier molecular flexibility index (Phi) is 5.22. The van der Waals surface area contributed by atoms with E-state index >= 15 is 0 Å². The molecule has 4 heterocycles. The van der Waals surface area contributed by atoms with Crippen LogP contribution in [0.2, 0.25) is 0 Å². The minimum atomic E-state index is -0.470. The van der Waals surface area contributed by atoms with E-state index < -0.39 is 5.91 Å². The second kappa shape index (κ2) is 8.12. The van der Waals surface area contributed by atoms with Crippen LogP contribution in [-0.4, -0.2) is 44.8 Å². The van der Waals surface area contributed by atoms with Gasteiger partial charge >= 0.3 is 0 Å². The summed E-state index contributed by atoms with van der Waals surface area (Å²) in [6.07, 6.45) is 8.05. The Morgan fingerprint density at radius 2 is 2.24 bits per heavy atom. The molecule has 0 aliphatic carbocycles. The first-order valence-electron chi connectivity index (χ1n) is 9.15. The van der Waals surface area contributed by atoms with Crippen LogP contribution in [0.4, 0.5) is 11.5 Å². The van der Waals surface area contributed by atoms with Crippen LogP contribution < -0.4 is 15.8 Å². The summed E-state index contributed by atoms with van der Waals surface area (Å²) in [5, 5.41) is 15.8. The van der Waals surface area contributed by atoms with E-state index in [9.17, 15) is 4.79 Å². The van der Waals surface area contributed by atoms with Crippen LogP contribution in [0, 0.1) is 11.3 Å². The molecule has 148 valence electrons. The highest BCUT2D eigenvalue weighted by Crippen LogP contribution is 2.27. The molecule has 29 heavy (non-hydrogen) atoms. The lowest BCUT2D eigenvalue weighted by atomic mass is 10.1. The van der Waals surface area contributed by atoms with Gasteiger partial charge in [-0.1, -0.05) is 0 Å². The SMILES string of the molecule is N#CCc1cnc2c(C(=O)Nc3cnccc3OC3CCOCC3)c(N)nn2c1. The molecule has 0 aromatic carbocycles. The number of nitrogens with two attached hydrogens (primary N) is 1. The maximum absolute atomic E-state index is 12.9. The number of rotatable bonds is 5. The second-order valence-electron chi connectivity index (χ2n) is 6.58. The number of fused-ring (bicyclic) bond motifs is 1. The largest absolute Gasteiger partial charge is 0.488 e. The Morgan fingerprint density at radius 1 is 1.41 bits per heavy atom. The van der Waals surface area contributed by atoms with Crippen molar-refractivity contribution in [2.75, 3.05) is 24.3 Å². The number of pyridine rings is 1. The highest BCUT2D eigenvalue weighted by atomic mass is 16.5. The molecule has 1 fully saturated rings. The lowest BCUT2D eigenvalue weighted by Crippen LogP contribution is -2.26. The van der Waals surface area contributed by atoms with Gasteiger partial charge in [-0.05, 0) is 0 Å². The van der Waals surface area contributed by atoms with Crippen molar-refractivity contribution in [1.82, 2.24) is 19.6 Å². The number of nitrogen functional groups attached to an aromatic ring is 1. The molecule has 1 amide bonds. The van der Waals surface area contributed by atoms with Crippen molar-refractivity contribution in [2.24, 2.45) is 0 Å². The number of nitriles is 1. The number of hydrogen-bond donors (Lipinski definition) is 2. The smallest absolute Gasteiger partial charge is 0.263 e. The zero-order valence-electron chi connectivity index (χ0n) is 15.5. The van der Waals surface area contributed by atoms with Gasteiger partial charge in [-0.15, -0.1) is 5.10 Å². The Morgan fingerprint density at radius 3 is 3.03 bits per heavy atom. The number of aromatic nitrogens is 4. The lowest BCUT2D eigenvalue weighted by molar-refractivity contribution is 0.0258. The zero-order chi connectivity index (χ0) is 20.2. The normalized spacial score (nSPS) is 14.4. The Bertz CT molecular complexity index is 1080. The van der Waals surface area contributed by atoms with Crippen molar-refractivity contribution in [3.05, 3.63) is 42.0 Å². The molecule has 0 atom stereocenters. The maximum Gasteiger partial charge on any atom is 0.263 e. The van der Waals surface area contributed by atoms with E-state index in [2.05, 4.69) is 20.4 Å². The highest BCUT2D eigenvalue weighted by molar-refractivity contribution is 6.11. The third-order valence-electron chi connectivity index (χ3n) is 4.55. The summed E-state index contributed by atoms with van der Waals surface area (Å²) in [5.41, 5.74) is 7.52. The molecular weight excluding hydrogens is 374 g/mol. The minimum absolute atomic E-state index is 0.0177. The molecule has 0 bridgehead atoms. The molecule has 10 nitrogen and oxygen atoms in total. The highest BCUT2D eigenvalue weighted by Gasteiger charge is 2.22. The van der Waals surface area contributed by atoms with E-state index in [1.165, 1.54) is 16.9 Å². The number of nitrogens with one attached hydrogen (secondary N) is 1. The molecule has 1 saturated heterocycles. The number of amides is 1. The quantitative estimate of drug-likeness (QED) is 0.666. The van der Waals surface area contributed by atoms with Crippen LogP contribution in [0.25, 0.3) is 5.65 Å². The van der Waals surface area contributed by atoms with Gasteiger partial charge in [0, 0.05) is 43.1 Å². The van der Waals surface area contributed by atoms with Gasteiger partial charge in [0.25, 0.3) is 5.91 Å². The first kappa shape index (κ1) is 18.6. The molecule has 10 heteroatoms. The average molecular weight is 393 g/mol. The number of ether oxygens (including phenoxy) is 2. The summed E-state index contributed by atoms with van der Waals surface area (Å²) in [6.45, 7) is 1.30. The monoisotopic (exact) mass is 393 g/mol. The summed E-state index contributed by atoms with van der Waals surface area (Å²) in [5.74, 6) is 0.0994. The van der Waals surface area contributed by atoms with Crippen molar-refractivity contribution < 1.29 is 14.3 Å². The topological polar surface area (TPSA) is 140 Å². The van der Waals surface area contributed by atoms with Crippen LogP contribution in [0.3, 0.4) is 0 Å². The van der Waals surface area contributed by atoms with Gasteiger partial charge in [0.2, 0.25) is 0 Å². The summed E-state index contributed by atoms with van der Waals surface area (Å²) in [6, 6.07) is 3.75. The van der Waals surface area contributed by atoms with Gasteiger partial charge in [0.1, 0.15) is 23.1 Å². The lowest BCUT2D eigenvalue weighted by Gasteiger charge is -2.24. The number of carbonyl (C=O) groups is 1. The van der Waals surface area contributed by atoms with Crippen molar-refractivity contribution in [3.63, 3.8) is 0 Å². The van der Waals surface area contributed by atoms with Gasteiger partial charge in [-0.25, -0.2) is 9.50 Å². The van der Waals surface area contributed by atoms with E-state index in [-0.39, 0.29) is 23.9 Å². The second-order valence-corrected chi connectivity index (χ2v) is 6.58. The third-order valence-corrected chi connectivity index (χ3v) is 4.55. The number of carbonyl (C=O) groups excluding carboxylic acids is 1. The first-order valence-corrected chi connectivity index (χ1v) is 9.15. The summed E-state index contributed by atoms with van der Waals surface area (Å²) < 4.78 is 12.8. The molecule has 1 aliphatic rings. The van der Waals surface area contributed by atoms with E-state index in [1.807, 2.05) is 6.07 Å². The van der Waals surface area contributed by atoms with Crippen LogP contribution in [-0.2, 0) is 11.2 Å². The van der Waals surface area contributed by atoms with Crippen LogP contribution >= 0.6 is 0 Å². The van der Waals surface area contributed by atoms with Crippen molar-refractivity contribution in [1.29, 1.82) is 5.26 Å². The molecule has 4 rings (SSSR count). The van der Waals surface area contributed by atoms with Gasteiger partial charge < -0.3 is 20.5 Å². The zero-order valence-corrected chi connectivity index (χ0v) is 15.5. The van der Waals surface area contributed by atoms with Crippen molar-refractivity contribution in [3.8, 4) is 11.8 Å². The van der Waals surface area contributed by atoms with Crippen molar-refractivity contribution >= 4 is 23.1 Å². The van der Waals surface area contributed by atoms with Crippen molar-refractivity contribution in [2.45, 2.75) is 25.4 Å². The maximum atomic E-state index is 12.9. The third kappa shape index (κ3) is 3.95. The molecule has 0 spiro atoms. The molecule has 3 aromatic rings. The molecule has 3 aromatic heterocycles. The van der Waals surface area contributed by atoms with E-state index in [0.29, 0.717) is 35.9 Å². The molecule has 0 unspecified atom stereocenters. The average Bonchev–Trinajstić information content (AvgIpc) is 3.05. The van der Waals surface area contributed by atoms with Gasteiger partial charge in [0.05, 0.1) is 31.9 Å². The van der Waals surface area contributed by atoms with Crippen LogP contribution in [0.5, 0.6) is 5.75 Å². The standard InChI is InChI=1S/C19H19N7O3/c20-5-1-12-9-23-18-16(17(21)25-26(18)11-12)19(27)24-14-10-22-6-2-15(14)29-13-3-7-28-8-4-13/h2,6,9-11,13H,1,3-4,7-8H2,(H2,21,25)(H,24,27). The summed E-state index contributed by atoms with van der Waals surface area (Å²) in [7, 11) is 0. The first-order chi connectivity index (χ1) is 14.2. The fourth-order valence-corrected chi connectivity index (χ4v) is 3.13. The predicted molar refractivity (Wildman–Crippen MR) is 103 cm³/mol. The predicted octanol–water partition coefficient (Wildman–Crippen LogP) is 1.58. The number of hydrogen-bond acceptors (Lipinski definition) is 8. The van der Waals surface area contributed by atoms with Gasteiger partial charge in [-0.3, -0.25) is 9.78 Å². The fraction of sp³-hybridized carbons (Fsp3) is 0.316. The molecule has 0 radical (unpaired) electrons. The van der Waals surface area contributed by atoms with E-state index in [1.54, 1.807) is 18.5 Å². The number of nitrogens with zero attached hydrogens (tertiary/aromatic N) is 5. The van der Waals surface area contributed by atoms with Crippen LogP contribution in [0.15, 0.2) is 30.9 Å². The Hall–Kier alpha value is -3.71. The van der Waals surface area contributed by atoms with E-state index in [0.717, 1.165) is 12.8 Å².